The van der Waals surface area contributed by atoms with Crippen LogP contribution in [0.1, 0.15) is 0 Å². The van der Waals surface area contributed by atoms with Crippen LogP contribution < -0.4 is 0 Å². The van der Waals surface area contributed by atoms with Gasteiger partial charge in [-0.2, -0.15) is 0 Å². The van der Waals surface area contributed by atoms with Gasteiger partial charge in [-0.05, 0) is 101 Å². The number of rotatable bonds is 6. The van der Waals surface area contributed by atoms with E-state index in [-0.39, 0.29) is 0 Å². The lowest BCUT2D eigenvalue weighted by Crippen LogP contribution is -1.93. The molecule has 0 aliphatic heterocycles. The van der Waals surface area contributed by atoms with E-state index in [1.165, 1.54) is 43.6 Å². The van der Waals surface area contributed by atoms with Crippen LogP contribution in [0.2, 0.25) is 0 Å². The second kappa shape index (κ2) is 12.6. The Morgan fingerprint density at radius 3 is 1.18 bits per heavy atom. The molecule has 3 aromatic heterocycles. The summed E-state index contributed by atoms with van der Waals surface area (Å²) in [6.45, 7) is 0. The van der Waals surface area contributed by atoms with E-state index >= 15 is 0 Å². The van der Waals surface area contributed by atoms with E-state index in [2.05, 4.69) is 201 Å². The van der Waals surface area contributed by atoms with Crippen LogP contribution >= 0.6 is 0 Å². The van der Waals surface area contributed by atoms with Gasteiger partial charge in [0.15, 0.2) is 0 Å². The van der Waals surface area contributed by atoms with Crippen LogP contribution in [0.3, 0.4) is 0 Å². The fourth-order valence-electron chi connectivity index (χ4n) is 8.08. The zero-order chi connectivity index (χ0) is 36.3. The number of para-hydroxylation sites is 4. The van der Waals surface area contributed by atoms with E-state index in [0.29, 0.717) is 11.8 Å². The fraction of sp³-hybridized carbons (Fsp3) is 0. The van der Waals surface area contributed by atoms with Gasteiger partial charge in [0.2, 0.25) is 11.8 Å². The van der Waals surface area contributed by atoms with Crippen molar-refractivity contribution in [3.05, 3.63) is 194 Å². The van der Waals surface area contributed by atoms with Crippen molar-refractivity contribution >= 4 is 43.6 Å². The predicted molar refractivity (Wildman–Crippen MR) is 225 cm³/mol. The average molecular weight is 705 g/mol. The Bertz CT molecular complexity index is 3120. The second-order valence-corrected chi connectivity index (χ2v) is 13.9. The number of aromatic nitrogens is 4. The normalized spacial score (nSPS) is 11.6. The average Bonchev–Trinajstić information content (AvgIpc) is 3.98. The lowest BCUT2D eigenvalue weighted by atomic mass is 10.0. The van der Waals surface area contributed by atoms with Crippen LogP contribution in [0, 0.1) is 0 Å². The van der Waals surface area contributed by atoms with Crippen molar-refractivity contribution in [2.24, 2.45) is 0 Å². The number of fused-ring (bicyclic) bond motifs is 6. The summed E-state index contributed by atoms with van der Waals surface area (Å²) < 4.78 is 10.9. The number of nitrogens with zero attached hydrogens (tertiary/aromatic N) is 4. The SMILES string of the molecule is c1ccc(-n2c3ccccc3c3cc(-c4ccc(-c5nnc(-c6ccc(-c7ccc(-n8c9ccccc9c9ccccc98)cc7)cc6)o5)cc4)ccc32)cc1. The first-order chi connectivity index (χ1) is 27.3. The summed E-state index contributed by atoms with van der Waals surface area (Å²) in [5.41, 5.74) is 13.4. The Morgan fingerprint density at radius 2 is 0.655 bits per heavy atom. The molecule has 11 aromatic rings. The number of benzene rings is 8. The highest BCUT2D eigenvalue weighted by Crippen LogP contribution is 2.36. The Kier molecular flexibility index (Phi) is 7.10. The first-order valence-corrected chi connectivity index (χ1v) is 18.5. The maximum Gasteiger partial charge on any atom is 0.248 e. The van der Waals surface area contributed by atoms with Crippen molar-refractivity contribution < 1.29 is 4.42 Å². The summed E-state index contributed by atoms with van der Waals surface area (Å²) in [5.74, 6) is 0.986. The van der Waals surface area contributed by atoms with Crippen molar-refractivity contribution in [1.82, 2.24) is 19.3 Å². The molecule has 0 N–H and O–H groups in total. The molecule has 5 nitrogen and oxygen atoms in total. The highest BCUT2D eigenvalue weighted by Gasteiger charge is 2.15. The van der Waals surface area contributed by atoms with Gasteiger partial charge in [0.05, 0.1) is 22.1 Å². The highest BCUT2D eigenvalue weighted by molar-refractivity contribution is 6.11. The molecule has 0 fully saturated rings. The summed E-state index contributed by atoms with van der Waals surface area (Å²) in [7, 11) is 0. The van der Waals surface area contributed by atoms with Gasteiger partial charge in [0.1, 0.15) is 0 Å². The molecular formula is C50H32N4O. The van der Waals surface area contributed by atoms with E-state index in [1.54, 1.807) is 0 Å². The molecule has 0 amide bonds. The molecule has 55 heavy (non-hydrogen) atoms. The molecule has 0 atom stereocenters. The Labute approximate surface area is 317 Å². The van der Waals surface area contributed by atoms with E-state index in [4.69, 9.17) is 4.42 Å². The molecule has 258 valence electrons. The summed E-state index contributed by atoms with van der Waals surface area (Å²) in [4.78, 5) is 0. The fourth-order valence-corrected chi connectivity index (χ4v) is 8.08. The molecule has 0 saturated heterocycles. The number of hydrogen-bond acceptors (Lipinski definition) is 3. The third-order valence-electron chi connectivity index (χ3n) is 10.7. The quantitative estimate of drug-likeness (QED) is 0.173. The van der Waals surface area contributed by atoms with Gasteiger partial charge in [-0.1, -0.05) is 115 Å². The standard InChI is InChI=1S/C50H32N4O/c1-2-10-39(11-3-1)53-47-17-9-6-14-43(47)44-32-38(28-31-48(44)53)35-20-24-37(25-21-35)50-52-51-49(55-50)36-22-18-33(19-23-36)34-26-29-40(30-27-34)54-45-15-7-4-12-41(45)42-13-5-8-16-46(42)54/h1-32H. The van der Waals surface area contributed by atoms with Crippen molar-refractivity contribution in [3.8, 4) is 56.5 Å². The molecule has 0 aliphatic carbocycles. The van der Waals surface area contributed by atoms with Gasteiger partial charge in [-0.15, -0.1) is 10.2 Å². The Morgan fingerprint density at radius 1 is 0.291 bits per heavy atom. The second-order valence-electron chi connectivity index (χ2n) is 13.9. The van der Waals surface area contributed by atoms with Crippen molar-refractivity contribution in [1.29, 1.82) is 0 Å². The Hall–Kier alpha value is -7.50. The number of hydrogen-bond donors (Lipinski definition) is 0. The first kappa shape index (κ1) is 31.1. The van der Waals surface area contributed by atoms with Gasteiger partial charge < -0.3 is 13.6 Å². The van der Waals surface area contributed by atoms with Crippen LogP contribution in [-0.4, -0.2) is 19.3 Å². The minimum Gasteiger partial charge on any atom is -0.416 e. The van der Waals surface area contributed by atoms with Crippen molar-refractivity contribution in [2.75, 3.05) is 0 Å². The van der Waals surface area contributed by atoms with Crippen LogP contribution in [0.4, 0.5) is 0 Å². The third kappa shape index (κ3) is 5.17. The molecule has 0 aliphatic rings. The molecule has 0 saturated carbocycles. The van der Waals surface area contributed by atoms with E-state index in [1.807, 2.05) is 12.1 Å². The van der Waals surface area contributed by atoms with Gasteiger partial charge in [-0.3, -0.25) is 0 Å². The molecule has 0 unspecified atom stereocenters. The minimum atomic E-state index is 0.493. The monoisotopic (exact) mass is 704 g/mol. The molecule has 11 rings (SSSR count). The maximum atomic E-state index is 6.20. The molecule has 8 aromatic carbocycles. The first-order valence-electron chi connectivity index (χ1n) is 18.5. The van der Waals surface area contributed by atoms with Gasteiger partial charge in [-0.25, -0.2) is 0 Å². The van der Waals surface area contributed by atoms with Crippen LogP contribution in [-0.2, 0) is 0 Å². The summed E-state index contributed by atoms with van der Waals surface area (Å²) in [6, 6.07) is 68.5. The van der Waals surface area contributed by atoms with E-state index < -0.39 is 0 Å². The minimum absolute atomic E-state index is 0.493. The Balaban J connectivity index is 0.838. The summed E-state index contributed by atoms with van der Waals surface area (Å²) in [5, 5.41) is 13.8. The van der Waals surface area contributed by atoms with Crippen LogP contribution in [0.15, 0.2) is 199 Å². The maximum absolute atomic E-state index is 6.20. The van der Waals surface area contributed by atoms with E-state index in [0.717, 1.165) is 44.8 Å². The summed E-state index contributed by atoms with van der Waals surface area (Å²) >= 11 is 0. The van der Waals surface area contributed by atoms with Crippen molar-refractivity contribution in [3.63, 3.8) is 0 Å². The molecule has 0 bridgehead atoms. The molecule has 0 spiro atoms. The topological polar surface area (TPSA) is 48.8 Å². The largest absolute Gasteiger partial charge is 0.416 e. The lowest BCUT2D eigenvalue weighted by Gasteiger charge is -2.09. The van der Waals surface area contributed by atoms with Crippen LogP contribution in [0.5, 0.6) is 0 Å². The lowest BCUT2D eigenvalue weighted by molar-refractivity contribution is 0.584. The zero-order valence-electron chi connectivity index (χ0n) is 29.7. The molecular weight excluding hydrogens is 673 g/mol. The highest BCUT2D eigenvalue weighted by atomic mass is 16.4. The molecule has 0 radical (unpaired) electrons. The van der Waals surface area contributed by atoms with Crippen molar-refractivity contribution in [2.45, 2.75) is 0 Å². The molecule has 3 heterocycles. The summed E-state index contributed by atoms with van der Waals surface area (Å²) in [6.07, 6.45) is 0. The smallest absolute Gasteiger partial charge is 0.248 e. The van der Waals surface area contributed by atoms with E-state index in [9.17, 15) is 0 Å². The predicted octanol–water partition coefficient (Wildman–Crippen LogP) is 12.9. The van der Waals surface area contributed by atoms with Gasteiger partial charge in [0, 0.05) is 44.0 Å². The van der Waals surface area contributed by atoms with Crippen LogP contribution in [0.25, 0.3) is 100 Å². The molecule has 5 heteroatoms. The van der Waals surface area contributed by atoms with Gasteiger partial charge in [0.25, 0.3) is 0 Å². The van der Waals surface area contributed by atoms with Gasteiger partial charge >= 0.3 is 0 Å². The zero-order valence-corrected chi connectivity index (χ0v) is 29.7. The third-order valence-corrected chi connectivity index (χ3v) is 10.7.